The minimum Gasteiger partial charge on any atom is -0.299 e. The minimum absolute atomic E-state index is 0.107. The van der Waals surface area contributed by atoms with Gasteiger partial charge in [0.15, 0.2) is 0 Å². The molecule has 0 aliphatic heterocycles. The zero-order valence-corrected chi connectivity index (χ0v) is 15.9. The molecule has 0 spiro atoms. The maximum absolute atomic E-state index is 12.9. The summed E-state index contributed by atoms with van der Waals surface area (Å²) in [5, 5.41) is 10.9. The molecule has 0 unspecified atom stereocenters. The zero-order valence-electron chi connectivity index (χ0n) is 15.9. The molecule has 2 aromatic carbocycles. The summed E-state index contributed by atoms with van der Waals surface area (Å²) in [5.41, 5.74) is 2.15. The molecule has 28 heavy (non-hydrogen) atoms. The van der Waals surface area contributed by atoms with Gasteiger partial charge in [0.2, 0.25) is 0 Å². The molecule has 2 saturated carbocycles. The molecule has 2 aromatic rings. The van der Waals surface area contributed by atoms with Crippen molar-refractivity contribution >= 4 is 17.5 Å². The number of Topliss-reactive ketones (excluding diaryl/α,β-unsaturated/α-hetero) is 1. The molecule has 0 radical (unpaired) electrons. The lowest BCUT2D eigenvalue weighted by Gasteiger charge is -2.58. The molecule has 2 fully saturated rings. The number of nitro groups is 1. The van der Waals surface area contributed by atoms with Gasteiger partial charge < -0.3 is 0 Å². The molecule has 0 heterocycles. The van der Waals surface area contributed by atoms with E-state index in [1.807, 2.05) is 30.3 Å². The number of nitrogens with zero attached hydrogens (tertiary/aromatic N) is 1. The second-order valence-corrected chi connectivity index (χ2v) is 8.05. The van der Waals surface area contributed by atoms with Crippen LogP contribution in [0, 0.1) is 21.4 Å². The molecule has 2 aliphatic carbocycles. The Balaban J connectivity index is 1.43. The van der Waals surface area contributed by atoms with Crippen LogP contribution in [-0.4, -0.2) is 10.7 Å². The van der Waals surface area contributed by atoms with E-state index in [0.29, 0.717) is 5.78 Å². The van der Waals surface area contributed by atoms with Crippen LogP contribution < -0.4 is 0 Å². The highest BCUT2D eigenvalue weighted by Crippen LogP contribution is 2.64. The highest BCUT2D eigenvalue weighted by Gasteiger charge is 2.62. The maximum atomic E-state index is 12.9. The van der Waals surface area contributed by atoms with Gasteiger partial charge in [-0.15, -0.1) is 0 Å². The number of allylic oxidation sites excluding steroid dienone is 1. The van der Waals surface area contributed by atoms with E-state index in [1.54, 1.807) is 12.1 Å². The summed E-state index contributed by atoms with van der Waals surface area (Å²) in [6.45, 7) is 0. The summed E-state index contributed by atoms with van der Waals surface area (Å²) in [7, 11) is 0. The first-order valence-corrected chi connectivity index (χ1v) is 10.1. The van der Waals surface area contributed by atoms with Gasteiger partial charge >= 0.3 is 0 Å². The van der Waals surface area contributed by atoms with Crippen LogP contribution >= 0.6 is 0 Å². The quantitative estimate of drug-likeness (QED) is 0.342. The molecule has 4 nitrogen and oxygen atoms in total. The van der Waals surface area contributed by atoms with Crippen LogP contribution in [0.25, 0.3) is 6.08 Å². The lowest BCUT2D eigenvalue weighted by molar-refractivity contribution is -0.384. The average Bonchev–Trinajstić information content (AvgIpc) is 2.73. The van der Waals surface area contributed by atoms with Crippen molar-refractivity contribution in [1.29, 1.82) is 0 Å². The lowest BCUT2D eigenvalue weighted by Crippen LogP contribution is -2.58. The Morgan fingerprint density at radius 3 is 2.54 bits per heavy atom. The fourth-order valence-electron chi connectivity index (χ4n) is 5.25. The van der Waals surface area contributed by atoms with E-state index in [1.165, 1.54) is 5.56 Å². The molecule has 2 bridgehead atoms. The topological polar surface area (TPSA) is 60.2 Å². The number of nitro benzene ring substituents is 1. The van der Waals surface area contributed by atoms with E-state index < -0.39 is 0 Å². The number of carbonyl (C=O) groups excluding carboxylic acids is 1. The number of ketones is 1. The third-order valence-corrected chi connectivity index (χ3v) is 6.53. The second kappa shape index (κ2) is 7.70. The Bertz CT molecular complexity index is 888. The van der Waals surface area contributed by atoms with Gasteiger partial charge in [0.05, 0.1) is 4.92 Å². The summed E-state index contributed by atoms with van der Waals surface area (Å²) >= 11 is 0. The van der Waals surface area contributed by atoms with Gasteiger partial charge in [-0.1, -0.05) is 61.0 Å². The number of hydrogen-bond acceptors (Lipinski definition) is 3. The molecule has 0 aromatic heterocycles. The Labute approximate surface area is 165 Å². The van der Waals surface area contributed by atoms with Crippen LogP contribution in [0.15, 0.2) is 60.7 Å². The van der Waals surface area contributed by atoms with Crippen LogP contribution in [0.5, 0.6) is 0 Å². The van der Waals surface area contributed by atoms with Crippen molar-refractivity contribution in [3.05, 3.63) is 81.9 Å². The lowest BCUT2D eigenvalue weighted by atomic mass is 9.43. The Kier molecular flexibility index (Phi) is 5.12. The molecule has 0 amide bonds. The molecule has 2 aliphatic rings. The largest absolute Gasteiger partial charge is 0.299 e. The number of carbonyl (C=O) groups is 1. The summed E-state index contributed by atoms with van der Waals surface area (Å²) in [4.78, 5) is 23.4. The normalized spacial score (nSPS) is 26.2. The molecule has 0 N–H and O–H groups in total. The Hall–Kier alpha value is -2.75. The highest BCUT2D eigenvalue weighted by atomic mass is 16.6. The molecule has 0 saturated heterocycles. The van der Waals surface area contributed by atoms with Crippen molar-refractivity contribution in [3.63, 3.8) is 0 Å². The van der Waals surface area contributed by atoms with Crippen molar-refractivity contribution in [2.45, 2.75) is 44.4 Å². The van der Waals surface area contributed by atoms with E-state index in [-0.39, 0.29) is 27.9 Å². The van der Waals surface area contributed by atoms with Crippen LogP contribution in [0.1, 0.15) is 55.6 Å². The summed E-state index contributed by atoms with van der Waals surface area (Å²) in [6, 6.07) is 17.1. The van der Waals surface area contributed by atoms with Crippen LogP contribution in [-0.2, 0) is 4.79 Å². The van der Waals surface area contributed by atoms with Crippen LogP contribution in [0.4, 0.5) is 5.69 Å². The van der Waals surface area contributed by atoms with E-state index >= 15 is 0 Å². The van der Waals surface area contributed by atoms with Crippen LogP contribution in [0.2, 0.25) is 0 Å². The molecular weight excluding hydrogens is 350 g/mol. The van der Waals surface area contributed by atoms with Gasteiger partial charge in [0, 0.05) is 29.4 Å². The fraction of sp³-hybridized carbons (Fsp3) is 0.375. The monoisotopic (exact) mass is 375 g/mol. The Morgan fingerprint density at radius 2 is 1.86 bits per heavy atom. The van der Waals surface area contributed by atoms with E-state index in [4.69, 9.17) is 0 Å². The Morgan fingerprint density at radius 1 is 1.11 bits per heavy atom. The summed E-state index contributed by atoms with van der Waals surface area (Å²) in [6.07, 6.45) is 10.2. The molecule has 3 atom stereocenters. The minimum atomic E-state index is -0.370. The van der Waals surface area contributed by atoms with E-state index in [2.05, 4.69) is 24.3 Å². The van der Waals surface area contributed by atoms with Gasteiger partial charge in [0.25, 0.3) is 5.69 Å². The second-order valence-electron chi connectivity index (χ2n) is 8.05. The third-order valence-electron chi connectivity index (χ3n) is 6.53. The maximum Gasteiger partial charge on any atom is 0.269 e. The molecule has 144 valence electrons. The zero-order chi connectivity index (χ0) is 19.6. The van der Waals surface area contributed by atoms with Gasteiger partial charge in [-0.3, -0.25) is 14.9 Å². The van der Waals surface area contributed by atoms with Gasteiger partial charge in [0.1, 0.15) is 5.78 Å². The van der Waals surface area contributed by atoms with Crippen molar-refractivity contribution in [1.82, 2.24) is 0 Å². The standard InChI is InChI=1S/C24H25NO3/c26-23-21-11-7-17-24(23,16-6-2-5-10-18-8-3-1-4-9-18)22(21)19-12-14-20(15-13-19)25(27)28/h1,3-5,8-10,12-15,21-22H,2,6-7,11,16-17H2/b10-5+/t21-,22-,24+/m0/s1. The predicted octanol–water partition coefficient (Wildman–Crippen LogP) is 5.93. The van der Waals surface area contributed by atoms with Crippen molar-refractivity contribution < 1.29 is 9.72 Å². The van der Waals surface area contributed by atoms with Crippen molar-refractivity contribution in [2.75, 3.05) is 0 Å². The smallest absolute Gasteiger partial charge is 0.269 e. The number of hydrogen-bond donors (Lipinski definition) is 0. The van der Waals surface area contributed by atoms with Gasteiger partial charge in [-0.05, 0) is 43.2 Å². The first-order chi connectivity index (χ1) is 13.6. The number of non-ortho nitro benzene ring substituents is 1. The third kappa shape index (κ3) is 3.28. The molecule has 4 rings (SSSR count). The van der Waals surface area contributed by atoms with Gasteiger partial charge in [-0.2, -0.15) is 0 Å². The average molecular weight is 375 g/mol. The SMILES string of the molecule is O=C1[C@H]2CCC[C@]1(CCC/C=C/c1ccccc1)[C@H]2c1ccc([N+](=O)[O-])cc1. The first kappa shape index (κ1) is 18.6. The number of fused-ring (bicyclic) bond motifs is 2. The summed E-state index contributed by atoms with van der Waals surface area (Å²) < 4.78 is 0. The first-order valence-electron chi connectivity index (χ1n) is 10.1. The number of unbranched alkanes of at least 4 members (excludes halogenated alkanes) is 1. The van der Waals surface area contributed by atoms with Crippen LogP contribution in [0.3, 0.4) is 0 Å². The fourth-order valence-corrected chi connectivity index (χ4v) is 5.25. The van der Waals surface area contributed by atoms with Crippen molar-refractivity contribution in [2.24, 2.45) is 11.3 Å². The number of rotatable bonds is 7. The highest BCUT2D eigenvalue weighted by molar-refractivity contribution is 5.96. The van der Waals surface area contributed by atoms with E-state index in [9.17, 15) is 14.9 Å². The number of benzene rings is 2. The van der Waals surface area contributed by atoms with Crippen molar-refractivity contribution in [3.8, 4) is 0 Å². The molecular formula is C24H25NO3. The predicted molar refractivity (Wildman–Crippen MR) is 110 cm³/mol. The summed E-state index contributed by atoms with van der Waals surface area (Å²) in [5.74, 6) is 0.761. The van der Waals surface area contributed by atoms with Gasteiger partial charge in [-0.25, -0.2) is 0 Å². The van der Waals surface area contributed by atoms with E-state index in [0.717, 1.165) is 44.1 Å². The molecule has 4 heteroatoms.